The first-order valence-electron chi connectivity index (χ1n) is 6.42. The minimum atomic E-state index is -0.336. The lowest BCUT2D eigenvalue weighted by Gasteiger charge is -2.02. The van der Waals surface area contributed by atoms with E-state index in [1.165, 1.54) is 6.07 Å². The molecule has 96 valence electrons. The van der Waals surface area contributed by atoms with Crippen LogP contribution in [0.15, 0.2) is 69.9 Å². The number of nitrogens with one attached hydrogen (secondary N) is 1. The summed E-state index contributed by atoms with van der Waals surface area (Å²) >= 11 is 0. The molecule has 0 atom stereocenters. The molecule has 4 aromatic rings. The lowest BCUT2D eigenvalue weighted by molar-refractivity contribution is 0.561. The summed E-state index contributed by atoms with van der Waals surface area (Å²) in [7, 11) is 0. The van der Waals surface area contributed by atoms with Gasteiger partial charge in [0.05, 0.1) is 0 Å². The van der Waals surface area contributed by atoms with Gasteiger partial charge in [0.2, 0.25) is 0 Å². The molecule has 0 aliphatic heterocycles. The van der Waals surface area contributed by atoms with Crippen molar-refractivity contribution in [2.45, 2.75) is 0 Å². The predicted octanol–water partition coefficient (Wildman–Crippen LogP) is 3.94. The Morgan fingerprint density at radius 1 is 0.900 bits per heavy atom. The molecule has 0 aliphatic rings. The summed E-state index contributed by atoms with van der Waals surface area (Å²) in [5, 5.41) is 2.05. The Morgan fingerprint density at radius 2 is 1.70 bits per heavy atom. The number of para-hydroxylation sites is 2. The van der Waals surface area contributed by atoms with Crippen molar-refractivity contribution in [3.05, 3.63) is 71.1 Å². The second-order valence-corrected chi connectivity index (χ2v) is 4.75. The van der Waals surface area contributed by atoms with Crippen molar-refractivity contribution in [1.29, 1.82) is 0 Å². The molecule has 0 unspecified atom stereocenters. The number of H-pyrrole nitrogens is 1. The highest BCUT2D eigenvalue weighted by molar-refractivity contribution is 5.95. The fraction of sp³-hybridized carbons (Fsp3) is 0. The van der Waals surface area contributed by atoms with Crippen molar-refractivity contribution in [2.24, 2.45) is 0 Å². The quantitative estimate of drug-likeness (QED) is 0.527. The minimum absolute atomic E-state index is 0.336. The highest BCUT2D eigenvalue weighted by atomic mass is 16.4. The Kier molecular flexibility index (Phi) is 2.27. The van der Waals surface area contributed by atoms with Crippen LogP contribution < -0.4 is 5.63 Å². The van der Waals surface area contributed by atoms with Crippen molar-refractivity contribution < 1.29 is 4.42 Å². The maximum atomic E-state index is 11.7. The van der Waals surface area contributed by atoms with Crippen LogP contribution in [0, 0.1) is 0 Å². The Bertz CT molecular complexity index is 946. The van der Waals surface area contributed by atoms with E-state index in [1.807, 2.05) is 48.5 Å². The number of hydrogen-bond acceptors (Lipinski definition) is 2. The molecule has 2 heterocycles. The van der Waals surface area contributed by atoms with Crippen molar-refractivity contribution in [2.75, 3.05) is 0 Å². The van der Waals surface area contributed by atoms with Gasteiger partial charge in [-0.15, -0.1) is 0 Å². The third kappa shape index (κ3) is 1.64. The first-order chi connectivity index (χ1) is 9.81. The molecule has 0 fully saturated rings. The molecule has 0 saturated carbocycles. The molecule has 0 radical (unpaired) electrons. The molecule has 0 bridgehead atoms. The van der Waals surface area contributed by atoms with Gasteiger partial charge in [-0.05, 0) is 18.2 Å². The minimum Gasteiger partial charge on any atom is -0.423 e. The van der Waals surface area contributed by atoms with Gasteiger partial charge in [0.25, 0.3) is 0 Å². The summed E-state index contributed by atoms with van der Waals surface area (Å²) < 4.78 is 5.23. The van der Waals surface area contributed by atoms with Crippen molar-refractivity contribution in [3.63, 3.8) is 0 Å². The number of fused-ring (bicyclic) bond motifs is 2. The lowest BCUT2D eigenvalue weighted by Crippen LogP contribution is -1.97. The fourth-order valence-electron chi connectivity index (χ4n) is 2.55. The SMILES string of the molecule is O=c1cc(-c2cc3ccccc3[nH]2)c2ccccc2o1. The normalized spacial score (nSPS) is 11.2. The van der Waals surface area contributed by atoms with Crippen LogP contribution >= 0.6 is 0 Å². The molecule has 0 saturated heterocycles. The molecule has 2 aromatic carbocycles. The maximum absolute atomic E-state index is 11.7. The third-order valence-corrected chi connectivity index (χ3v) is 3.47. The second kappa shape index (κ2) is 4.10. The molecule has 4 rings (SSSR count). The summed E-state index contributed by atoms with van der Waals surface area (Å²) in [5.74, 6) is 0. The molecule has 0 amide bonds. The van der Waals surface area contributed by atoms with Gasteiger partial charge in [-0.25, -0.2) is 4.79 Å². The first-order valence-corrected chi connectivity index (χ1v) is 6.42. The van der Waals surface area contributed by atoms with E-state index in [-0.39, 0.29) is 5.63 Å². The van der Waals surface area contributed by atoms with Gasteiger partial charge in [-0.2, -0.15) is 0 Å². The summed E-state index contributed by atoms with van der Waals surface area (Å²) in [6.07, 6.45) is 0. The van der Waals surface area contributed by atoms with Crippen LogP contribution in [0.1, 0.15) is 0 Å². The van der Waals surface area contributed by atoms with Gasteiger partial charge in [-0.3, -0.25) is 0 Å². The fourth-order valence-corrected chi connectivity index (χ4v) is 2.55. The van der Waals surface area contributed by atoms with E-state index in [0.717, 1.165) is 27.5 Å². The second-order valence-electron chi connectivity index (χ2n) is 4.75. The molecular formula is C17H11NO2. The van der Waals surface area contributed by atoms with Crippen LogP contribution in [-0.4, -0.2) is 4.98 Å². The molecule has 1 N–H and O–H groups in total. The summed E-state index contributed by atoms with van der Waals surface area (Å²) in [6, 6.07) is 19.2. The van der Waals surface area contributed by atoms with Gasteiger partial charge in [0.15, 0.2) is 0 Å². The third-order valence-electron chi connectivity index (χ3n) is 3.47. The van der Waals surface area contributed by atoms with E-state index >= 15 is 0 Å². The highest BCUT2D eigenvalue weighted by Gasteiger charge is 2.09. The molecule has 3 nitrogen and oxygen atoms in total. The topological polar surface area (TPSA) is 46.0 Å². The summed E-state index contributed by atoms with van der Waals surface area (Å²) in [4.78, 5) is 15.1. The average Bonchev–Trinajstić information content (AvgIpc) is 2.90. The standard InChI is InChI=1S/C17H11NO2/c19-17-10-13(12-6-2-4-8-16(12)20-17)15-9-11-5-1-3-7-14(11)18-15/h1-10,18H. The van der Waals surface area contributed by atoms with Gasteiger partial charge >= 0.3 is 5.63 Å². The van der Waals surface area contributed by atoms with Gasteiger partial charge in [0, 0.05) is 33.6 Å². The van der Waals surface area contributed by atoms with E-state index in [2.05, 4.69) is 11.1 Å². The molecular weight excluding hydrogens is 250 g/mol. The average molecular weight is 261 g/mol. The smallest absolute Gasteiger partial charge is 0.336 e. The van der Waals surface area contributed by atoms with Gasteiger partial charge in [0.1, 0.15) is 5.58 Å². The molecule has 0 spiro atoms. The Labute approximate surface area is 114 Å². The van der Waals surface area contributed by atoms with E-state index in [0.29, 0.717) is 5.58 Å². The van der Waals surface area contributed by atoms with Crippen LogP contribution in [0.4, 0.5) is 0 Å². The van der Waals surface area contributed by atoms with Crippen LogP contribution in [0.5, 0.6) is 0 Å². The number of hydrogen-bond donors (Lipinski definition) is 1. The molecule has 0 aliphatic carbocycles. The molecule has 20 heavy (non-hydrogen) atoms. The van der Waals surface area contributed by atoms with Crippen molar-refractivity contribution >= 4 is 21.9 Å². The van der Waals surface area contributed by atoms with Gasteiger partial charge in [-0.1, -0.05) is 36.4 Å². The van der Waals surface area contributed by atoms with E-state index in [1.54, 1.807) is 0 Å². The maximum Gasteiger partial charge on any atom is 0.336 e. The predicted molar refractivity (Wildman–Crippen MR) is 79.8 cm³/mol. The number of rotatable bonds is 1. The Morgan fingerprint density at radius 3 is 2.60 bits per heavy atom. The highest BCUT2D eigenvalue weighted by Crippen LogP contribution is 2.29. The van der Waals surface area contributed by atoms with Crippen LogP contribution in [0.3, 0.4) is 0 Å². The van der Waals surface area contributed by atoms with Crippen LogP contribution in [0.2, 0.25) is 0 Å². The number of aromatic amines is 1. The monoisotopic (exact) mass is 261 g/mol. The molecule has 3 heteroatoms. The zero-order chi connectivity index (χ0) is 13.5. The number of aromatic nitrogens is 1. The first kappa shape index (κ1) is 11.1. The zero-order valence-electron chi connectivity index (χ0n) is 10.6. The number of benzene rings is 2. The summed E-state index contributed by atoms with van der Waals surface area (Å²) in [6.45, 7) is 0. The van der Waals surface area contributed by atoms with Crippen molar-refractivity contribution in [3.8, 4) is 11.3 Å². The van der Waals surface area contributed by atoms with Crippen LogP contribution in [0.25, 0.3) is 33.1 Å². The van der Waals surface area contributed by atoms with E-state index in [9.17, 15) is 4.79 Å². The lowest BCUT2D eigenvalue weighted by atomic mass is 10.1. The van der Waals surface area contributed by atoms with E-state index < -0.39 is 0 Å². The van der Waals surface area contributed by atoms with Crippen molar-refractivity contribution in [1.82, 2.24) is 4.98 Å². The summed E-state index contributed by atoms with van der Waals surface area (Å²) in [5.41, 5.74) is 3.12. The molecule has 2 aromatic heterocycles. The largest absolute Gasteiger partial charge is 0.423 e. The Balaban J connectivity index is 2.08. The Hall–Kier alpha value is -2.81. The van der Waals surface area contributed by atoms with E-state index in [4.69, 9.17) is 4.42 Å². The zero-order valence-corrected chi connectivity index (χ0v) is 10.6. The van der Waals surface area contributed by atoms with Crippen LogP contribution in [-0.2, 0) is 0 Å². The van der Waals surface area contributed by atoms with Gasteiger partial charge < -0.3 is 9.40 Å².